The van der Waals surface area contributed by atoms with Crippen LogP contribution in [0.5, 0.6) is 0 Å². The van der Waals surface area contributed by atoms with E-state index in [4.69, 9.17) is 4.74 Å². The third kappa shape index (κ3) is 3.57. The Labute approximate surface area is 112 Å². The van der Waals surface area contributed by atoms with Gasteiger partial charge in [0.05, 0.1) is 5.56 Å². The summed E-state index contributed by atoms with van der Waals surface area (Å²) in [6.07, 6.45) is 4.96. The van der Waals surface area contributed by atoms with Crippen molar-refractivity contribution in [3.63, 3.8) is 0 Å². The number of aromatic amines is 1. The summed E-state index contributed by atoms with van der Waals surface area (Å²) in [5, 5.41) is 2.98. The van der Waals surface area contributed by atoms with E-state index < -0.39 is 0 Å². The molecule has 19 heavy (non-hydrogen) atoms. The zero-order valence-corrected chi connectivity index (χ0v) is 11.0. The van der Waals surface area contributed by atoms with Crippen molar-refractivity contribution in [2.24, 2.45) is 0 Å². The molecule has 0 radical (unpaired) electrons. The molecule has 2 amide bonds. The third-order valence-corrected chi connectivity index (χ3v) is 3.31. The number of hydrogen-bond acceptors (Lipinski definition) is 3. The molecule has 0 atom stereocenters. The van der Waals surface area contributed by atoms with Gasteiger partial charge in [-0.2, -0.15) is 0 Å². The van der Waals surface area contributed by atoms with Crippen LogP contribution in [0.15, 0.2) is 18.5 Å². The fourth-order valence-electron chi connectivity index (χ4n) is 2.22. The Morgan fingerprint density at radius 3 is 2.79 bits per heavy atom. The van der Waals surface area contributed by atoms with Crippen LogP contribution in [0.2, 0.25) is 0 Å². The molecule has 2 heterocycles. The minimum Gasteiger partial charge on any atom is -0.375 e. The largest absolute Gasteiger partial charge is 0.375 e. The number of amides is 2. The molecule has 1 saturated heterocycles. The molecule has 1 fully saturated rings. The molecule has 1 aromatic heterocycles. The van der Waals surface area contributed by atoms with Crippen LogP contribution in [0.4, 0.5) is 0 Å². The van der Waals surface area contributed by atoms with Gasteiger partial charge in [0.1, 0.15) is 6.61 Å². The first-order chi connectivity index (χ1) is 9.20. The second kappa shape index (κ2) is 6.38. The number of likely N-dealkylation sites (tertiary alicyclic amines) is 1. The lowest BCUT2D eigenvalue weighted by atomic mass is 10.0. The van der Waals surface area contributed by atoms with Gasteiger partial charge in [0, 0.05) is 38.6 Å². The number of nitrogens with zero attached hydrogens (tertiary/aromatic N) is 1. The minimum atomic E-state index is -0.0667. The molecule has 1 aromatic rings. The number of H-pyrrole nitrogens is 1. The van der Waals surface area contributed by atoms with Crippen LogP contribution >= 0.6 is 0 Å². The molecule has 0 spiro atoms. The van der Waals surface area contributed by atoms with Crippen LogP contribution in [-0.2, 0) is 9.53 Å². The number of carbonyl (C=O) groups is 2. The number of carbonyl (C=O) groups excluding carboxylic acids is 2. The molecular formula is C13H19N3O3. The van der Waals surface area contributed by atoms with Crippen molar-refractivity contribution < 1.29 is 14.3 Å². The molecule has 1 aliphatic rings. The van der Waals surface area contributed by atoms with Gasteiger partial charge in [-0.3, -0.25) is 9.59 Å². The van der Waals surface area contributed by atoms with Crippen LogP contribution in [0.25, 0.3) is 0 Å². The first-order valence-corrected chi connectivity index (χ1v) is 6.41. The average Bonchev–Trinajstić information content (AvgIpc) is 2.94. The van der Waals surface area contributed by atoms with E-state index in [0.717, 1.165) is 12.8 Å². The van der Waals surface area contributed by atoms with E-state index in [1.165, 1.54) is 7.11 Å². The van der Waals surface area contributed by atoms with Gasteiger partial charge in [0.2, 0.25) is 5.91 Å². The van der Waals surface area contributed by atoms with Gasteiger partial charge >= 0.3 is 0 Å². The Bertz CT molecular complexity index is 422. The van der Waals surface area contributed by atoms with Crippen LogP contribution in [0, 0.1) is 0 Å². The normalized spacial score (nSPS) is 16.4. The van der Waals surface area contributed by atoms with Gasteiger partial charge < -0.3 is 19.9 Å². The fraction of sp³-hybridized carbons (Fsp3) is 0.538. The van der Waals surface area contributed by atoms with Crippen molar-refractivity contribution in [2.75, 3.05) is 26.8 Å². The van der Waals surface area contributed by atoms with Crippen molar-refractivity contribution in [1.29, 1.82) is 0 Å². The summed E-state index contributed by atoms with van der Waals surface area (Å²) >= 11 is 0. The van der Waals surface area contributed by atoms with E-state index in [1.54, 1.807) is 23.4 Å². The van der Waals surface area contributed by atoms with E-state index in [2.05, 4.69) is 10.3 Å². The van der Waals surface area contributed by atoms with Crippen molar-refractivity contribution in [1.82, 2.24) is 15.2 Å². The fourth-order valence-corrected chi connectivity index (χ4v) is 2.22. The molecule has 6 nitrogen and oxygen atoms in total. The predicted molar refractivity (Wildman–Crippen MR) is 69.7 cm³/mol. The van der Waals surface area contributed by atoms with E-state index >= 15 is 0 Å². The third-order valence-electron chi connectivity index (χ3n) is 3.31. The van der Waals surface area contributed by atoms with E-state index in [-0.39, 0.29) is 24.5 Å². The molecular weight excluding hydrogens is 246 g/mol. The first-order valence-electron chi connectivity index (χ1n) is 6.41. The topological polar surface area (TPSA) is 74.4 Å². The van der Waals surface area contributed by atoms with Gasteiger partial charge in [-0.25, -0.2) is 0 Å². The van der Waals surface area contributed by atoms with E-state index in [9.17, 15) is 9.59 Å². The molecule has 104 valence electrons. The molecule has 2 rings (SSSR count). The van der Waals surface area contributed by atoms with E-state index in [1.807, 2.05) is 0 Å². The van der Waals surface area contributed by atoms with Crippen molar-refractivity contribution in [3.05, 3.63) is 24.0 Å². The zero-order chi connectivity index (χ0) is 13.7. The lowest BCUT2D eigenvalue weighted by Gasteiger charge is -2.32. The summed E-state index contributed by atoms with van der Waals surface area (Å²) in [6.45, 7) is 1.46. The highest BCUT2D eigenvalue weighted by Gasteiger charge is 2.23. The van der Waals surface area contributed by atoms with Gasteiger partial charge in [0.15, 0.2) is 0 Å². The van der Waals surface area contributed by atoms with Crippen LogP contribution in [0.1, 0.15) is 23.2 Å². The number of nitrogens with one attached hydrogen (secondary N) is 2. The molecule has 6 heteroatoms. The second-order valence-corrected chi connectivity index (χ2v) is 4.66. The lowest BCUT2D eigenvalue weighted by molar-refractivity contribution is -0.136. The average molecular weight is 265 g/mol. The maximum Gasteiger partial charge on any atom is 0.253 e. The molecule has 0 aliphatic carbocycles. The summed E-state index contributed by atoms with van der Waals surface area (Å²) in [7, 11) is 1.52. The first kappa shape index (κ1) is 13.6. The Hall–Kier alpha value is -1.82. The summed E-state index contributed by atoms with van der Waals surface area (Å²) in [5.41, 5.74) is 0.637. The highest BCUT2D eigenvalue weighted by atomic mass is 16.5. The molecule has 0 bridgehead atoms. The van der Waals surface area contributed by atoms with Crippen LogP contribution in [-0.4, -0.2) is 54.5 Å². The summed E-state index contributed by atoms with van der Waals surface area (Å²) in [4.78, 5) is 28.1. The number of piperidine rings is 1. The van der Waals surface area contributed by atoms with Gasteiger partial charge in [0.25, 0.3) is 5.91 Å². The van der Waals surface area contributed by atoms with Crippen LogP contribution < -0.4 is 5.32 Å². The Morgan fingerprint density at radius 1 is 1.47 bits per heavy atom. The van der Waals surface area contributed by atoms with Crippen LogP contribution in [0.3, 0.4) is 0 Å². The highest BCUT2D eigenvalue weighted by molar-refractivity contribution is 5.94. The summed E-state index contributed by atoms with van der Waals surface area (Å²) < 4.78 is 4.83. The summed E-state index contributed by atoms with van der Waals surface area (Å²) in [6, 6.07) is 1.88. The number of hydrogen-bond donors (Lipinski definition) is 2. The molecule has 2 N–H and O–H groups in total. The van der Waals surface area contributed by atoms with Crippen molar-refractivity contribution in [2.45, 2.75) is 18.9 Å². The maximum absolute atomic E-state index is 11.9. The number of rotatable bonds is 4. The number of ether oxygens (including phenoxy) is 1. The number of aromatic nitrogens is 1. The van der Waals surface area contributed by atoms with Gasteiger partial charge in [-0.05, 0) is 18.9 Å². The second-order valence-electron chi connectivity index (χ2n) is 4.66. The zero-order valence-electron chi connectivity index (χ0n) is 11.0. The maximum atomic E-state index is 11.9. The Morgan fingerprint density at radius 2 is 2.21 bits per heavy atom. The summed E-state index contributed by atoms with van der Waals surface area (Å²) in [5.74, 6) is -0.0548. The lowest BCUT2D eigenvalue weighted by Crippen LogP contribution is -2.47. The molecule has 0 unspecified atom stereocenters. The Kier molecular flexibility index (Phi) is 4.57. The SMILES string of the molecule is COCC(=O)N1CCC(NC(=O)c2cc[nH]c2)CC1. The molecule has 0 saturated carbocycles. The van der Waals surface area contributed by atoms with E-state index in [0.29, 0.717) is 18.7 Å². The number of methoxy groups -OCH3 is 1. The minimum absolute atomic E-state index is 0.0120. The van der Waals surface area contributed by atoms with Gasteiger partial charge in [-0.1, -0.05) is 0 Å². The smallest absolute Gasteiger partial charge is 0.253 e. The quantitative estimate of drug-likeness (QED) is 0.826. The predicted octanol–water partition coefficient (Wildman–Crippen LogP) is 0.382. The van der Waals surface area contributed by atoms with Crippen molar-refractivity contribution >= 4 is 11.8 Å². The standard InChI is InChI=1S/C13H19N3O3/c1-19-9-12(17)16-6-3-11(4-7-16)15-13(18)10-2-5-14-8-10/h2,5,8,11,14H,3-4,6-7,9H2,1H3,(H,15,18). The molecule has 1 aliphatic heterocycles. The monoisotopic (exact) mass is 265 g/mol. The van der Waals surface area contributed by atoms with Crippen molar-refractivity contribution in [3.8, 4) is 0 Å². The Balaban J connectivity index is 1.77. The van der Waals surface area contributed by atoms with Gasteiger partial charge in [-0.15, -0.1) is 0 Å². The molecule has 0 aromatic carbocycles. The highest BCUT2D eigenvalue weighted by Crippen LogP contribution is 2.11.